The Morgan fingerprint density at radius 1 is 0.769 bits per heavy atom. The molecule has 0 radical (unpaired) electrons. The van der Waals surface area contributed by atoms with E-state index in [1.165, 1.54) is 4.57 Å². The fraction of sp³-hybridized carbons (Fsp3) is 0. The summed E-state index contributed by atoms with van der Waals surface area (Å²) in [7, 11) is 0. The highest BCUT2D eigenvalue weighted by atomic mass is 16.3. The lowest BCUT2D eigenvalue weighted by molar-refractivity contribution is 0.103. The van der Waals surface area contributed by atoms with Crippen molar-refractivity contribution in [2.45, 2.75) is 0 Å². The van der Waals surface area contributed by atoms with E-state index in [9.17, 15) is 14.7 Å². The molecule has 26 heavy (non-hydrogen) atoms. The van der Waals surface area contributed by atoms with E-state index in [0.717, 1.165) is 0 Å². The zero-order valence-corrected chi connectivity index (χ0v) is 13.8. The Morgan fingerprint density at radius 2 is 1.35 bits per heavy atom. The van der Waals surface area contributed by atoms with E-state index in [2.05, 4.69) is 0 Å². The molecule has 0 spiro atoms. The molecule has 3 aromatic carbocycles. The normalized spacial score (nSPS) is 10.8. The predicted molar refractivity (Wildman–Crippen MR) is 101 cm³/mol. The Labute approximate surface area is 149 Å². The van der Waals surface area contributed by atoms with Gasteiger partial charge in [-0.15, -0.1) is 0 Å². The van der Waals surface area contributed by atoms with Crippen LogP contribution < -0.4 is 5.56 Å². The number of rotatable bonds is 3. The van der Waals surface area contributed by atoms with Crippen molar-refractivity contribution >= 4 is 16.7 Å². The summed E-state index contributed by atoms with van der Waals surface area (Å²) in [6.07, 6.45) is 0. The van der Waals surface area contributed by atoms with E-state index in [1.54, 1.807) is 66.7 Å². The molecule has 0 amide bonds. The molecule has 126 valence electrons. The van der Waals surface area contributed by atoms with Crippen LogP contribution in [0.4, 0.5) is 0 Å². The lowest BCUT2D eigenvalue weighted by Crippen LogP contribution is -2.26. The maximum absolute atomic E-state index is 13.2. The number of aromatic nitrogens is 1. The van der Waals surface area contributed by atoms with Crippen LogP contribution in [-0.2, 0) is 0 Å². The average Bonchev–Trinajstić information content (AvgIpc) is 2.69. The number of para-hydroxylation sites is 2. The van der Waals surface area contributed by atoms with Gasteiger partial charge in [0.25, 0.3) is 5.56 Å². The summed E-state index contributed by atoms with van der Waals surface area (Å²) in [5.74, 6) is -0.782. The van der Waals surface area contributed by atoms with Crippen molar-refractivity contribution in [3.05, 3.63) is 106 Å². The van der Waals surface area contributed by atoms with E-state index < -0.39 is 11.3 Å². The summed E-state index contributed by atoms with van der Waals surface area (Å²) in [6, 6.07) is 24.6. The number of pyridine rings is 1. The average molecular weight is 341 g/mol. The van der Waals surface area contributed by atoms with Gasteiger partial charge in [0.1, 0.15) is 11.3 Å². The van der Waals surface area contributed by atoms with Crippen LogP contribution >= 0.6 is 0 Å². The highest BCUT2D eigenvalue weighted by Crippen LogP contribution is 2.29. The van der Waals surface area contributed by atoms with Crippen molar-refractivity contribution in [2.75, 3.05) is 0 Å². The number of fused-ring (bicyclic) bond motifs is 1. The van der Waals surface area contributed by atoms with Crippen LogP contribution in [0.25, 0.3) is 16.6 Å². The summed E-state index contributed by atoms with van der Waals surface area (Å²) in [5, 5.41) is 11.2. The molecule has 1 aromatic heterocycles. The summed E-state index contributed by atoms with van der Waals surface area (Å²) >= 11 is 0. The maximum atomic E-state index is 13.2. The third-order valence-electron chi connectivity index (χ3n) is 4.33. The second kappa shape index (κ2) is 6.33. The van der Waals surface area contributed by atoms with Crippen molar-refractivity contribution in [2.24, 2.45) is 0 Å². The number of nitrogens with zero attached hydrogens (tertiary/aromatic N) is 1. The lowest BCUT2D eigenvalue weighted by atomic mass is 10.0. The van der Waals surface area contributed by atoms with Crippen LogP contribution in [0.3, 0.4) is 0 Å². The SMILES string of the molecule is O=C(c1ccccc1)c1c(O)c2ccccc2n(-c2ccccc2)c1=O. The molecule has 4 aromatic rings. The molecule has 0 unspecified atom stereocenters. The van der Waals surface area contributed by atoms with Crippen LogP contribution in [0.5, 0.6) is 5.75 Å². The number of carbonyl (C=O) groups is 1. The number of hydrogen-bond acceptors (Lipinski definition) is 3. The lowest BCUT2D eigenvalue weighted by Gasteiger charge is -2.14. The number of aromatic hydroxyl groups is 1. The first-order valence-corrected chi connectivity index (χ1v) is 8.20. The standard InChI is InChI=1S/C22H15NO3/c24-20(15-9-3-1-4-10-15)19-21(25)17-13-7-8-14-18(17)23(22(19)26)16-11-5-2-6-12-16/h1-14,25H. The molecule has 1 N–H and O–H groups in total. The van der Waals surface area contributed by atoms with Crippen molar-refractivity contribution in [3.63, 3.8) is 0 Å². The minimum atomic E-state index is -0.541. The molecule has 4 nitrogen and oxygen atoms in total. The quantitative estimate of drug-likeness (QED) is 0.575. The molecule has 0 aliphatic rings. The first-order valence-electron chi connectivity index (χ1n) is 8.20. The molecule has 0 aliphatic carbocycles. The van der Waals surface area contributed by atoms with Crippen molar-refractivity contribution in [3.8, 4) is 11.4 Å². The fourth-order valence-corrected chi connectivity index (χ4v) is 3.10. The van der Waals surface area contributed by atoms with Gasteiger partial charge in [-0.05, 0) is 24.3 Å². The van der Waals surface area contributed by atoms with E-state index in [1.807, 2.05) is 18.2 Å². The van der Waals surface area contributed by atoms with Gasteiger partial charge in [0.15, 0.2) is 0 Å². The zero-order chi connectivity index (χ0) is 18.1. The van der Waals surface area contributed by atoms with Crippen LogP contribution in [0.1, 0.15) is 15.9 Å². The van der Waals surface area contributed by atoms with Crippen LogP contribution in [0.2, 0.25) is 0 Å². The Morgan fingerprint density at radius 3 is 2.04 bits per heavy atom. The van der Waals surface area contributed by atoms with Crippen LogP contribution in [-0.4, -0.2) is 15.5 Å². The molecule has 0 bridgehead atoms. The summed E-state index contributed by atoms with van der Waals surface area (Å²) in [4.78, 5) is 26.1. The minimum absolute atomic E-state index is 0.223. The van der Waals surface area contributed by atoms with E-state index in [-0.39, 0.29) is 11.3 Å². The van der Waals surface area contributed by atoms with Crippen LogP contribution in [0, 0.1) is 0 Å². The molecule has 4 rings (SSSR count). The van der Waals surface area contributed by atoms with Gasteiger partial charge >= 0.3 is 0 Å². The van der Waals surface area contributed by atoms with Crippen molar-refractivity contribution < 1.29 is 9.90 Å². The Hall–Kier alpha value is -3.66. The first-order chi connectivity index (χ1) is 12.7. The summed E-state index contributed by atoms with van der Waals surface area (Å²) < 4.78 is 1.46. The molecule has 1 heterocycles. The van der Waals surface area contributed by atoms with E-state index >= 15 is 0 Å². The monoisotopic (exact) mass is 341 g/mol. The Kier molecular flexibility index (Phi) is 3.86. The smallest absolute Gasteiger partial charge is 0.270 e. The molecule has 0 atom stereocenters. The molecular weight excluding hydrogens is 326 g/mol. The predicted octanol–water partition coefficient (Wildman–Crippen LogP) is 3.93. The second-order valence-corrected chi connectivity index (χ2v) is 5.91. The fourth-order valence-electron chi connectivity index (χ4n) is 3.10. The molecular formula is C22H15NO3. The van der Waals surface area contributed by atoms with Crippen molar-refractivity contribution in [1.82, 2.24) is 4.57 Å². The Balaban J connectivity index is 2.10. The number of hydrogen-bond donors (Lipinski definition) is 1. The molecule has 4 heteroatoms. The summed E-state index contributed by atoms with van der Waals surface area (Å²) in [6.45, 7) is 0. The first kappa shape index (κ1) is 15.8. The maximum Gasteiger partial charge on any atom is 0.270 e. The zero-order valence-electron chi connectivity index (χ0n) is 13.8. The van der Waals surface area contributed by atoms with Gasteiger partial charge in [-0.1, -0.05) is 60.7 Å². The third-order valence-corrected chi connectivity index (χ3v) is 4.33. The van der Waals surface area contributed by atoms with Gasteiger partial charge in [-0.3, -0.25) is 14.2 Å². The molecule has 0 saturated heterocycles. The van der Waals surface area contributed by atoms with Gasteiger partial charge in [0, 0.05) is 16.6 Å². The van der Waals surface area contributed by atoms with E-state index in [4.69, 9.17) is 0 Å². The minimum Gasteiger partial charge on any atom is -0.506 e. The van der Waals surface area contributed by atoms with Gasteiger partial charge in [-0.2, -0.15) is 0 Å². The third kappa shape index (κ3) is 2.48. The number of ketones is 1. The van der Waals surface area contributed by atoms with Crippen molar-refractivity contribution in [1.29, 1.82) is 0 Å². The largest absolute Gasteiger partial charge is 0.506 e. The van der Waals surface area contributed by atoms with Gasteiger partial charge in [0.05, 0.1) is 5.52 Å². The number of carbonyl (C=O) groups excluding carboxylic acids is 1. The van der Waals surface area contributed by atoms with Gasteiger partial charge in [0.2, 0.25) is 5.78 Å². The molecule has 0 fully saturated rings. The van der Waals surface area contributed by atoms with E-state index in [0.29, 0.717) is 22.2 Å². The second-order valence-electron chi connectivity index (χ2n) is 5.91. The van der Waals surface area contributed by atoms with Crippen LogP contribution in [0.15, 0.2) is 89.7 Å². The summed E-state index contributed by atoms with van der Waals surface area (Å²) in [5.41, 5.74) is 0.774. The Bertz CT molecular complexity index is 1160. The molecule has 0 aliphatic heterocycles. The highest BCUT2D eigenvalue weighted by molar-refractivity contribution is 6.13. The van der Waals surface area contributed by atoms with Gasteiger partial charge in [-0.25, -0.2) is 0 Å². The highest BCUT2D eigenvalue weighted by Gasteiger charge is 2.23. The van der Waals surface area contributed by atoms with Gasteiger partial charge < -0.3 is 5.11 Å². The molecule has 0 saturated carbocycles. The number of benzene rings is 3. The topological polar surface area (TPSA) is 59.3 Å².